The molecule has 0 radical (unpaired) electrons. The maximum absolute atomic E-state index is 14.1. The van der Waals surface area contributed by atoms with Gasteiger partial charge < -0.3 is 0 Å². The summed E-state index contributed by atoms with van der Waals surface area (Å²) in [4.78, 5) is 9.74. The van der Waals surface area contributed by atoms with Gasteiger partial charge in [0, 0.05) is 16.3 Å². The summed E-state index contributed by atoms with van der Waals surface area (Å²) >= 11 is 3.35. The van der Waals surface area contributed by atoms with Gasteiger partial charge in [0.05, 0.1) is 20.4 Å². The van der Waals surface area contributed by atoms with Crippen LogP contribution in [-0.4, -0.2) is 9.97 Å². The second-order valence-electron chi connectivity index (χ2n) is 5.75. The molecule has 0 aliphatic heterocycles. The maximum Gasteiger partial charge on any atom is 0.128 e. The molecule has 2 nitrogen and oxygen atoms in total. The quantitative estimate of drug-likeness (QED) is 0.325. The van der Waals surface area contributed by atoms with Gasteiger partial charge in [-0.2, -0.15) is 0 Å². The van der Waals surface area contributed by atoms with Gasteiger partial charge in [-0.25, -0.2) is 14.4 Å². The smallest absolute Gasteiger partial charge is 0.128 e. The van der Waals surface area contributed by atoms with Crippen molar-refractivity contribution >= 4 is 64.9 Å². The molecular weight excluding hydrogens is 327 g/mol. The Kier molecular flexibility index (Phi) is 2.59. The normalized spacial score (nSPS) is 12.1. The van der Waals surface area contributed by atoms with Crippen molar-refractivity contribution < 1.29 is 4.39 Å². The van der Waals surface area contributed by atoms with Gasteiger partial charge in [-0.3, -0.25) is 0 Å². The second kappa shape index (κ2) is 4.46. The van der Waals surface area contributed by atoms with Crippen LogP contribution in [0.4, 0.5) is 4.39 Å². The molecule has 0 amide bonds. The number of halogens is 1. The van der Waals surface area contributed by atoms with Gasteiger partial charge in [0.1, 0.15) is 16.9 Å². The zero-order valence-electron chi connectivity index (χ0n) is 12.5. The fourth-order valence-corrected chi connectivity index (χ4v) is 4.98. The third-order valence-electron chi connectivity index (χ3n) is 4.38. The number of thiophene rings is 2. The Morgan fingerprint density at radius 2 is 1.39 bits per heavy atom. The molecule has 0 saturated heterocycles. The first-order chi connectivity index (χ1) is 11.1. The first-order valence-electron chi connectivity index (χ1n) is 7.28. The van der Waals surface area contributed by atoms with Crippen molar-refractivity contribution in [3.63, 3.8) is 0 Å². The Bertz CT molecular complexity index is 1250. The molecule has 0 atom stereocenters. The van der Waals surface area contributed by atoms with Gasteiger partial charge >= 0.3 is 0 Å². The molecule has 5 rings (SSSR count). The lowest BCUT2D eigenvalue weighted by Gasteiger charge is -2.09. The van der Waals surface area contributed by atoms with Crippen molar-refractivity contribution in [2.45, 2.75) is 13.8 Å². The molecule has 112 valence electrons. The summed E-state index contributed by atoms with van der Waals surface area (Å²) in [6.45, 7) is 3.66. The van der Waals surface area contributed by atoms with Crippen LogP contribution in [0, 0.1) is 19.7 Å². The molecule has 0 spiro atoms. The largest absolute Gasteiger partial charge is 0.243 e. The lowest BCUT2D eigenvalue weighted by atomic mass is 10.1. The van der Waals surface area contributed by atoms with E-state index < -0.39 is 0 Å². The number of fused-ring (bicyclic) bond motifs is 7. The first-order valence-corrected chi connectivity index (χ1v) is 9.04. The zero-order chi connectivity index (χ0) is 15.7. The molecule has 5 aromatic rings. The van der Waals surface area contributed by atoms with Gasteiger partial charge in [-0.15, -0.1) is 22.7 Å². The van der Waals surface area contributed by atoms with Crippen molar-refractivity contribution in [1.82, 2.24) is 9.97 Å². The van der Waals surface area contributed by atoms with E-state index in [0.29, 0.717) is 11.1 Å². The third kappa shape index (κ3) is 1.66. The molecule has 2 aromatic carbocycles. The van der Waals surface area contributed by atoms with E-state index in [1.165, 1.54) is 10.8 Å². The monoisotopic (exact) mass is 338 g/mol. The lowest BCUT2D eigenvalue weighted by Crippen LogP contribution is -1.96. The van der Waals surface area contributed by atoms with Crippen molar-refractivity contribution in [2.24, 2.45) is 0 Å². The Labute approximate surface area is 139 Å². The van der Waals surface area contributed by atoms with E-state index >= 15 is 0 Å². The zero-order valence-corrected chi connectivity index (χ0v) is 14.1. The molecule has 5 heteroatoms. The number of rotatable bonds is 0. The first kappa shape index (κ1) is 13.3. The minimum absolute atomic E-state index is 0.219. The molecule has 0 saturated carbocycles. The van der Waals surface area contributed by atoms with Crippen LogP contribution in [0.25, 0.3) is 42.2 Å². The topological polar surface area (TPSA) is 25.8 Å². The Morgan fingerprint density at radius 1 is 0.826 bits per heavy atom. The van der Waals surface area contributed by atoms with Crippen LogP contribution < -0.4 is 0 Å². The molecule has 0 N–H and O–H groups in total. The van der Waals surface area contributed by atoms with Gasteiger partial charge in [0.2, 0.25) is 0 Å². The molecule has 0 aliphatic carbocycles. The fraction of sp³-hybridized carbons (Fsp3) is 0.111. The van der Waals surface area contributed by atoms with E-state index in [2.05, 4.69) is 22.9 Å². The van der Waals surface area contributed by atoms with Gasteiger partial charge in [-0.1, -0.05) is 0 Å². The Hall–Kier alpha value is -2.11. The highest BCUT2D eigenvalue weighted by atomic mass is 32.1. The Morgan fingerprint density at radius 3 is 2.00 bits per heavy atom. The van der Waals surface area contributed by atoms with Crippen LogP contribution in [0.5, 0.6) is 0 Å². The van der Waals surface area contributed by atoms with E-state index in [1.807, 2.05) is 6.92 Å². The summed E-state index contributed by atoms with van der Waals surface area (Å²) < 4.78 is 16.4. The second-order valence-corrected chi connectivity index (χ2v) is 7.58. The molecule has 0 bridgehead atoms. The van der Waals surface area contributed by atoms with Crippen LogP contribution >= 0.6 is 22.7 Å². The van der Waals surface area contributed by atoms with Crippen molar-refractivity contribution in [3.8, 4) is 0 Å². The molecule has 23 heavy (non-hydrogen) atoms. The number of hydrogen-bond acceptors (Lipinski definition) is 4. The summed E-state index contributed by atoms with van der Waals surface area (Å²) in [6.07, 6.45) is 0. The van der Waals surface area contributed by atoms with E-state index in [4.69, 9.17) is 9.97 Å². The highest BCUT2D eigenvalue weighted by molar-refractivity contribution is 7.20. The molecular formula is C18H11FN2S2. The van der Waals surface area contributed by atoms with Crippen LogP contribution in [0.1, 0.15) is 11.1 Å². The van der Waals surface area contributed by atoms with E-state index in [9.17, 15) is 4.39 Å². The number of hydrogen-bond donors (Lipinski definition) is 0. The standard InChI is InChI=1S/C18H11FN2S2/c1-8-7-12(19)9(2)14-13(8)20-15-16(21-14)18-11(4-6-23-18)10-3-5-22-17(10)15/h3-7H,1-2H3. The molecule has 3 heterocycles. The lowest BCUT2D eigenvalue weighted by molar-refractivity contribution is 0.619. The maximum atomic E-state index is 14.1. The average Bonchev–Trinajstić information content (AvgIpc) is 3.20. The summed E-state index contributed by atoms with van der Waals surface area (Å²) in [5.74, 6) is -0.219. The van der Waals surface area contributed by atoms with Gasteiger partial charge in [0.25, 0.3) is 0 Å². The Balaban J connectivity index is 2.15. The van der Waals surface area contributed by atoms with Crippen molar-refractivity contribution in [2.75, 3.05) is 0 Å². The number of nitrogens with zero attached hydrogens (tertiary/aromatic N) is 2. The SMILES string of the molecule is Cc1cc(F)c(C)c2nc3c(nc12)c1sccc1c1ccsc13. The predicted octanol–water partition coefficient (Wildman–Crippen LogP) is 5.97. The van der Waals surface area contributed by atoms with Gasteiger partial charge in [0.15, 0.2) is 0 Å². The molecule has 0 fully saturated rings. The molecule has 3 aromatic heterocycles. The van der Waals surface area contributed by atoms with Gasteiger partial charge in [-0.05, 0) is 48.4 Å². The highest BCUT2D eigenvalue weighted by Gasteiger charge is 2.16. The van der Waals surface area contributed by atoms with Crippen LogP contribution in [0.15, 0.2) is 29.0 Å². The predicted molar refractivity (Wildman–Crippen MR) is 97.2 cm³/mol. The van der Waals surface area contributed by atoms with Crippen LogP contribution in [0.2, 0.25) is 0 Å². The minimum atomic E-state index is -0.219. The molecule has 0 aliphatic rings. The number of aryl methyl sites for hydroxylation is 2. The van der Waals surface area contributed by atoms with Crippen molar-refractivity contribution in [3.05, 3.63) is 45.9 Å². The highest BCUT2D eigenvalue weighted by Crippen LogP contribution is 2.39. The van der Waals surface area contributed by atoms with Crippen LogP contribution in [0.3, 0.4) is 0 Å². The van der Waals surface area contributed by atoms with Crippen LogP contribution in [-0.2, 0) is 0 Å². The summed E-state index contributed by atoms with van der Waals surface area (Å²) in [7, 11) is 0. The number of aromatic nitrogens is 2. The average molecular weight is 338 g/mol. The summed E-state index contributed by atoms with van der Waals surface area (Å²) in [5, 5.41) is 6.61. The number of benzene rings is 2. The van der Waals surface area contributed by atoms with Crippen molar-refractivity contribution in [1.29, 1.82) is 0 Å². The summed E-state index contributed by atoms with van der Waals surface area (Å²) in [6, 6.07) is 5.82. The van der Waals surface area contributed by atoms with E-state index in [-0.39, 0.29) is 5.82 Å². The van der Waals surface area contributed by atoms with E-state index in [0.717, 1.165) is 31.5 Å². The minimum Gasteiger partial charge on any atom is -0.243 e. The third-order valence-corrected chi connectivity index (χ3v) is 6.22. The summed E-state index contributed by atoms with van der Waals surface area (Å²) in [5.41, 5.74) is 4.66. The molecule has 0 unspecified atom stereocenters. The fourth-order valence-electron chi connectivity index (χ4n) is 3.18. The van der Waals surface area contributed by atoms with E-state index in [1.54, 1.807) is 35.7 Å².